The average Bonchev–Trinajstić information content (AvgIpc) is 2.64. The standard InChI is InChI=1S/C20H10Cl4O4S2/c21-13-3-5-15-11(9-13)1-7-17(29(23,25)26)19(15)20-16-6-4-14(22)10-12(16)2-8-18(20)30(24,27)28/h1-10H. The molecular formula is C20H10Cl4O4S2. The van der Waals surface area contributed by atoms with Crippen LogP contribution in [0.4, 0.5) is 0 Å². The highest BCUT2D eigenvalue weighted by Crippen LogP contribution is 2.44. The summed E-state index contributed by atoms with van der Waals surface area (Å²) in [4.78, 5) is -0.494. The third-order valence-electron chi connectivity index (χ3n) is 4.66. The highest BCUT2D eigenvalue weighted by molar-refractivity contribution is 8.14. The van der Waals surface area contributed by atoms with Gasteiger partial charge in [0.2, 0.25) is 0 Å². The molecule has 0 atom stereocenters. The second-order valence-corrected chi connectivity index (χ2v) is 12.4. The molecule has 4 aromatic carbocycles. The summed E-state index contributed by atoms with van der Waals surface area (Å²) < 4.78 is 49.7. The minimum atomic E-state index is -4.25. The summed E-state index contributed by atoms with van der Waals surface area (Å²) in [6, 6.07) is 15.4. The van der Waals surface area contributed by atoms with Crippen molar-refractivity contribution in [3.63, 3.8) is 0 Å². The van der Waals surface area contributed by atoms with Gasteiger partial charge in [0.25, 0.3) is 18.1 Å². The molecule has 0 unspecified atom stereocenters. The van der Waals surface area contributed by atoms with Crippen LogP contribution in [0.3, 0.4) is 0 Å². The summed E-state index contributed by atoms with van der Waals surface area (Å²) in [6.07, 6.45) is 0. The summed E-state index contributed by atoms with van der Waals surface area (Å²) in [5.74, 6) is 0. The zero-order valence-electron chi connectivity index (χ0n) is 14.7. The van der Waals surface area contributed by atoms with E-state index in [0.717, 1.165) is 0 Å². The molecule has 154 valence electrons. The van der Waals surface area contributed by atoms with Crippen LogP contribution < -0.4 is 0 Å². The minimum absolute atomic E-state index is 0.117. The maximum absolute atomic E-state index is 12.4. The first-order valence-corrected chi connectivity index (χ1v) is 13.7. The summed E-state index contributed by atoms with van der Waals surface area (Å²) in [5, 5.41) is 2.97. The van der Waals surface area contributed by atoms with Crippen molar-refractivity contribution < 1.29 is 16.8 Å². The minimum Gasteiger partial charge on any atom is -0.207 e. The summed E-state index contributed by atoms with van der Waals surface area (Å²) >= 11 is 12.2. The van der Waals surface area contributed by atoms with E-state index in [-0.39, 0.29) is 20.9 Å². The van der Waals surface area contributed by atoms with Crippen LogP contribution in [0.2, 0.25) is 10.0 Å². The zero-order chi connectivity index (χ0) is 21.8. The van der Waals surface area contributed by atoms with E-state index < -0.39 is 18.1 Å². The van der Waals surface area contributed by atoms with Crippen LogP contribution >= 0.6 is 44.6 Å². The molecule has 0 N–H and O–H groups in total. The number of hydrogen-bond acceptors (Lipinski definition) is 4. The Hall–Kier alpha value is -1.54. The predicted molar refractivity (Wildman–Crippen MR) is 123 cm³/mol. The lowest BCUT2D eigenvalue weighted by Gasteiger charge is -2.17. The Bertz CT molecular complexity index is 1440. The maximum Gasteiger partial charge on any atom is 0.261 e. The van der Waals surface area contributed by atoms with Gasteiger partial charge in [-0.3, -0.25) is 0 Å². The van der Waals surface area contributed by atoms with Gasteiger partial charge in [0, 0.05) is 42.5 Å². The quantitative estimate of drug-likeness (QED) is 0.278. The molecule has 0 aromatic heterocycles. The Morgan fingerprint density at radius 3 is 1.23 bits per heavy atom. The van der Waals surface area contributed by atoms with Crippen molar-refractivity contribution in [2.24, 2.45) is 0 Å². The Kier molecular flexibility index (Phi) is 5.46. The molecule has 0 aliphatic heterocycles. The molecular weight excluding hydrogens is 510 g/mol. The Balaban J connectivity index is 2.33. The zero-order valence-corrected chi connectivity index (χ0v) is 19.4. The average molecular weight is 520 g/mol. The first-order valence-electron chi connectivity index (χ1n) is 8.31. The van der Waals surface area contributed by atoms with Gasteiger partial charge < -0.3 is 0 Å². The van der Waals surface area contributed by atoms with Crippen LogP contribution in [0.5, 0.6) is 0 Å². The Labute approximate surface area is 191 Å². The fourth-order valence-electron chi connectivity index (χ4n) is 3.48. The molecule has 0 radical (unpaired) electrons. The van der Waals surface area contributed by atoms with E-state index >= 15 is 0 Å². The highest BCUT2D eigenvalue weighted by Gasteiger charge is 2.27. The first-order chi connectivity index (χ1) is 14.0. The number of rotatable bonds is 3. The second-order valence-electron chi connectivity index (χ2n) is 6.48. The molecule has 0 spiro atoms. The topological polar surface area (TPSA) is 68.3 Å². The van der Waals surface area contributed by atoms with Crippen molar-refractivity contribution in [3.8, 4) is 11.1 Å². The second kappa shape index (κ2) is 7.55. The van der Waals surface area contributed by atoms with Gasteiger partial charge >= 0.3 is 0 Å². The smallest absolute Gasteiger partial charge is 0.207 e. The Morgan fingerprint density at radius 2 is 0.900 bits per heavy atom. The van der Waals surface area contributed by atoms with Gasteiger partial charge in [0.1, 0.15) is 0 Å². The van der Waals surface area contributed by atoms with Crippen LogP contribution in [0.25, 0.3) is 32.7 Å². The molecule has 0 aliphatic rings. The first kappa shape index (κ1) is 21.7. The van der Waals surface area contributed by atoms with E-state index in [1.165, 1.54) is 12.1 Å². The van der Waals surface area contributed by atoms with Crippen LogP contribution in [-0.2, 0) is 18.1 Å². The third-order valence-corrected chi connectivity index (χ3v) is 7.86. The molecule has 0 bridgehead atoms. The van der Waals surface area contributed by atoms with Crippen molar-refractivity contribution in [1.82, 2.24) is 0 Å². The predicted octanol–water partition coefficient (Wildman–Crippen LogP) is 6.82. The fraction of sp³-hybridized carbons (Fsp3) is 0. The van der Waals surface area contributed by atoms with Crippen molar-refractivity contribution >= 4 is 84.2 Å². The molecule has 0 amide bonds. The van der Waals surface area contributed by atoms with Crippen LogP contribution in [0.1, 0.15) is 0 Å². The van der Waals surface area contributed by atoms with Gasteiger partial charge in [0.05, 0.1) is 9.79 Å². The van der Waals surface area contributed by atoms with E-state index in [9.17, 15) is 16.8 Å². The number of halogens is 4. The van der Waals surface area contributed by atoms with Crippen molar-refractivity contribution in [1.29, 1.82) is 0 Å². The molecule has 0 saturated heterocycles. The summed E-state index contributed by atoms with van der Waals surface area (Å²) in [6.45, 7) is 0. The SMILES string of the molecule is O=S(=O)(Cl)c1ccc2cc(Cl)ccc2c1-c1c(S(=O)(=O)Cl)ccc2cc(Cl)ccc12. The van der Waals surface area contributed by atoms with E-state index in [1.54, 1.807) is 48.5 Å². The number of fused-ring (bicyclic) bond motifs is 2. The lowest BCUT2D eigenvalue weighted by atomic mass is 9.93. The van der Waals surface area contributed by atoms with Gasteiger partial charge in [-0.05, 0) is 57.9 Å². The maximum atomic E-state index is 12.4. The van der Waals surface area contributed by atoms with E-state index in [2.05, 4.69) is 0 Å². The van der Waals surface area contributed by atoms with Gasteiger partial charge in [-0.1, -0.05) is 47.5 Å². The van der Waals surface area contributed by atoms with Crippen LogP contribution in [0, 0.1) is 0 Å². The van der Waals surface area contributed by atoms with Crippen LogP contribution in [-0.4, -0.2) is 16.8 Å². The lowest BCUT2D eigenvalue weighted by Crippen LogP contribution is -2.01. The number of hydrogen-bond donors (Lipinski definition) is 0. The van der Waals surface area contributed by atoms with Gasteiger partial charge in [-0.25, -0.2) is 16.8 Å². The normalized spacial score (nSPS) is 12.5. The molecule has 0 aliphatic carbocycles. The van der Waals surface area contributed by atoms with Crippen molar-refractivity contribution in [3.05, 3.63) is 70.7 Å². The van der Waals surface area contributed by atoms with E-state index in [0.29, 0.717) is 31.6 Å². The van der Waals surface area contributed by atoms with E-state index in [4.69, 9.17) is 44.6 Å². The van der Waals surface area contributed by atoms with Crippen LogP contribution in [0.15, 0.2) is 70.5 Å². The molecule has 10 heteroatoms. The molecule has 4 aromatic rings. The van der Waals surface area contributed by atoms with Crippen molar-refractivity contribution in [2.75, 3.05) is 0 Å². The molecule has 30 heavy (non-hydrogen) atoms. The van der Waals surface area contributed by atoms with E-state index in [1.807, 2.05) is 0 Å². The fourth-order valence-corrected chi connectivity index (χ4v) is 5.99. The molecule has 4 nitrogen and oxygen atoms in total. The monoisotopic (exact) mass is 518 g/mol. The molecule has 4 rings (SSSR count). The molecule has 0 fully saturated rings. The lowest BCUT2D eigenvalue weighted by molar-refractivity contribution is 0.607. The van der Waals surface area contributed by atoms with Gasteiger partial charge in [-0.15, -0.1) is 0 Å². The Morgan fingerprint density at radius 1 is 0.533 bits per heavy atom. The van der Waals surface area contributed by atoms with Crippen molar-refractivity contribution in [2.45, 2.75) is 9.79 Å². The summed E-state index contributed by atoms with van der Waals surface area (Å²) in [5.41, 5.74) is 0.234. The van der Waals surface area contributed by atoms with Gasteiger partial charge in [0.15, 0.2) is 0 Å². The van der Waals surface area contributed by atoms with Gasteiger partial charge in [-0.2, -0.15) is 0 Å². The molecule has 0 heterocycles. The largest absolute Gasteiger partial charge is 0.261 e. The number of benzene rings is 4. The summed E-state index contributed by atoms with van der Waals surface area (Å²) in [7, 11) is 2.97. The highest BCUT2D eigenvalue weighted by atomic mass is 35.7. The third kappa shape index (κ3) is 3.88. The molecule has 0 saturated carbocycles.